The zero-order valence-corrected chi connectivity index (χ0v) is 32.3. The Balaban J connectivity index is 1.20. The monoisotopic (exact) mass is 766 g/mol. The van der Waals surface area contributed by atoms with Crippen LogP contribution in [0.25, 0.3) is 130 Å². The molecule has 272 valence electrons. The summed E-state index contributed by atoms with van der Waals surface area (Å²) in [7, 11) is 0. The van der Waals surface area contributed by atoms with E-state index in [1.165, 1.54) is 91.8 Å². The Morgan fingerprint density at radius 3 is 1.90 bits per heavy atom. The lowest BCUT2D eigenvalue weighted by Crippen LogP contribution is -2.02. The lowest BCUT2D eigenvalue weighted by Gasteiger charge is -2.12. The van der Waals surface area contributed by atoms with Crippen molar-refractivity contribution in [1.82, 2.24) is 18.9 Å². The molecule has 5 heteroatoms. The maximum Gasteiger partial charge on any atom is 0.162 e. The summed E-state index contributed by atoms with van der Waals surface area (Å²) in [4.78, 5) is 11.1. The molecule has 9 aromatic carbocycles. The lowest BCUT2D eigenvalue weighted by atomic mass is 9.97. The molecule has 14 rings (SSSR count). The summed E-state index contributed by atoms with van der Waals surface area (Å²) >= 11 is 1.78. The fourth-order valence-electron chi connectivity index (χ4n) is 10.1. The number of nitrogens with zero attached hydrogens (tertiary/aromatic N) is 4. The minimum Gasteiger partial charge on any atom is -0.308 e. The quantitative estimate of drug-likeness (QED) is 0.168. The van der Waals surface area contributed by atoms with E-state index in [2.05, 4.69) is 191 Å². The van der Waals surface area contributed by atoms with E-state index in [-0.39, 0.29) is 0 Å². The maximum atomic E-state index is 5.67. The van der Waals surface area contributed by atoms with Crippen molar-refractivity contribution in [3.05, 3.63) is 182 Å². The zero-order chi connectivity index (χ0) is 38.3. The number of fused-ring (bicyclic) bond motifs is 17. The molecule has 0 fully saturated rings. The Kier molecular flexibility index (Phi) is 6.14. The second-order valence-electron chi connectivity index (χ2n) is 15.7. The smallest absolute Gasteiger partial charge is 0.162 e. The maximum absolute atomic E-state index is 5.67. The van der Waals surface area contributed by atoms with Gasteiger partial charge in [0.15, 0.2) is 11.6 Å². The molecule has 0 aliphatic carbocycles. The summed E-state index contributed by atoms with van der Waals surface area (Å²) in [6, 6.07) is 66.2. The zero-order valence-electron chi connectivity index (χ0n) is 31.5. The van der Waals surface area contributed by atoms with Crippen molar-refractivity contribution in [2.24, 2.45) is 0 Å². The minimum atomic E-state index is 0.712. The van der Waals surface area contributed by atoms with E-state index >= 15 is 0 Å². The van der Waals surface area contributed by atoms with Gasteiger partial charge < -0.3 is 4.40 Å². The number of hydrogen-bond donors (Lipinski definition) is 0. The first-order chi connectivity index (χ1) is 29.3. The molecule has 5 heterocycles. The number of rotatable bonds is 3. The van der Waals surface area contributed by atoms with E-state index in [9.17, 15) is 0 Å². The topological polar surface area (TPSA) is 35.1 Å². The van der Waals surface area contributed by atoms with Crippen LogP contribution in [-0.2, 0) is 0 Å². The Hall–Kier alpha value is -7.60. The molecule has 0 saturated carbocycles. The van der Waals surface area contributed by atoms with Gasteiger partial charge in [-0.25, -0.2) is 9.97 Å². The lowest BCUT2D eigenvalue weighted by molar-refractivity contribution is 1.09. The third-order valence-corrected chi connectivity index (χ3v) is 13.8. The van der Waals surface area contributed by atoms with E-state index < -0.39 is 0 Å². The van der Waals surface area contributed by atoms with Crippen LogP contribution in [0.5, 0.6) is 0 Å². The summed E-state index contributed by atoms with van der Waals surface area (Å²) in [6.45, 7) is 0. The molecule has 0 unspecified atom stereocenters. The first-order valence-electron chi connectivity index (χ1n) is 20.1. The van der Waals surface area contributed by atoms with Crippen molar-refractivity contribution in [3.63, 3.8) is 0 Å². The summed E-state index contributed by atoms with van der Waals surface area (Å²) < 4.78 is 7.24. The molecule has 59 heavy (non-hydrogen) atoms. The molecule has 0 spiro atoms. The van der Waals surface area contributed by atoms with Gasteiger partial charge in [-0.15, -0.1) is 11.3 Å². The van der Waals surface area contributed by atoms with Crippen LogP contribution in [0.4, 0.5) is 0 Å². The molecule has 0 N–H and O–H groups in total. The highest BCUT2D eigenvalue weighted by Crippen LogP contribution is 2.49. The summed E-state index contributed by atoms with van der Waals surface area (Å²) in [5.41, 5.74) is 10.3. The fraction of sp³-hybridized carbons (Fsp3) is 0. The van der Waals surface area contributed by atoms with E-state index in [0.717, 1.165) is 32.5 Å². The predicted octanol–water partition coefficient (Wildman–Crippen LogP) is 14.7. The SMILES string of the molecule is c1ccc(-c2ccc(-c3nc(-n4c5ccc6c7ccccc7ccc6c5c5cc6c7ccccc7n7c8ccccc8c(c54)c67)c4sc5ccccc5c4n3)cc2)cc1. The Bertz CT molecular complexity index is 4060. The minimum absolute atomic E-state index is 0.712. The van der Waals surface area contributed by atoms with Gasteiger partial charge in [0.1, 0.15) is 0 Å². The highest BCUT2D eigenvalue weighted by atomic mass is 32.1. The first kappa shape index (κ1) is 31.5. The summed E-state index contributed by atoms with van der Waals surface area (Å²) in [6.07, 6.45) is 0. The molecule has 0 atom stereocenters. The molecule has 4 nitrogen and oxygen atoms in total. The number of aromatic nitrogens is 4. The molecule has 0 saturated heterocycles. The fourth-order valence-corrected chi connectivity index (χ4v) is 11.2. The van der Waals surface area contributed by atoms with Crippen molar-refractivity contribution in [1.29, 1.82) is 0 Å². The Labute approximate surface area is 340 Å². The van der Waals surface area contributed by atoms with E-state index in [4.69, 9.17) is 9.97 Å². The van der Waals surface area contributed by atoms with Crippen LogP contribution in [-0.4, -0.2) is 18.9 Å². The molecule has 0 aliphatic rings. The van der Waals surface area contributed by atoms with Gasteiger partial charge in [0.25, 0.3) is 0 Å². The largest absolute Gasteiger partial charge is 0.308 e. The van der Waals surface area contributed by atoms with Gasteiger partial charge >= 0.3 is 0 Å². The van der Waals surface area contributed by atoms with Gasteiger partial charge in [-0.1, -0.05) is 152 Å². The van der Waals surface area contributed by atoms with Crippen LogP contribution in [0.3, 0.4) is 0 Å². The second kappa shape index (κ2) is 11.5. The number of hydrogen-bond acceptors (Lipinski definition) is 3. The molecule has 14 aromatic rings. The van der Waals surface area contributed by atoms with Gasteiger partial charge in [0, 0.05) is 48.0 Å². The van der Waals surface area contributed by atoms with Crippen LogP contribution < -0.4 is 0 Å². The molecule has 5 aromatic heterocycles. The molecule has 0 bridgehead atoms. The van der Waals surface area contributed by atoms with Crippen molar-refractivity contribution in [2.75, 3.05) is 0 Å². The molecular formula is C54H30N4S. The second-order valence-corrected chi connectivity index (χ2v) is 16.7. The number of para-hydroxylation sites is 2. The third-order valence-electron chi connectivity index (χ3n) is 12.6. The normalized spacial score (nSPS) is 12.4. The first-order valence-corrected chi connectivity index (χ1v) is 20.9. The van der Waals surface area contributed by atoms with Crippen molar-refractivity contribution in [2.45, 2.75) is 0 Å². The molecule has 0 aliphatic heterocycles. The predicted molar refractivity (Wildman–Crippen MR) is 250 cm³/mol. The van der Waals surface area contributed by atoms with Crippen LogP contribution in [0, 0.1) is 0 Å². The average Bonchev–Trinajstić information content (AvgIpc) is 4.04. The van der Waals surface area contributed by atoms with Gasteiger partial charge in [0.05, 0.1) is 37.8 Å². The molecular weight excluding hydrogens is 737 g/mol. The van der Waals surface area contributed by atoms with Crippen LogP contribution in [0.2, 0.25) is 0 Å². The van der Waals surface area contributed by atoms with Gasteiger partial charge in [-0.05, 0) is 63.0 Å². The third kappa shape index (κ3) is 4.16. The number of thiophene rings is 1. The molecule has 0 amide bonds. The highest BCUT2D eigenvalue weighted by molar-refractivity contribution is 7.26. The average molecular weight is 767 g/mol. The van der Waals surface area contributed by atoms with E-state index in [1.807, 2.05) is 0 Å². The highest BCUT2D eigenvalue weighted by Gasteiger charge is 2.27. The van der Waals surface area contributed by atoms with Crippen LogP contribution >= 0.6 is 11.3 Å². The summed E-state index contributed by atoms with van der Waals surface area (Å²) in [5, 5.41) is 13.6. The van der Waals surface area contributed by atoms with E-state index in [1.54, 1.807) is 11.3 Å². The van der Waals surface area contributed by atoms with Crippen LogP contribution in [0.1, 0.15) is 0 Å². The van der Waals surface area contributed by atoms with Crippen molar-refractivity contribution >= 4 is 113 Å². The standard InChI is InChI=1S/C54H30N4S/c1-2-12-31(13-3-1)32-22-24-34(25-23-32)53-55-49-40-18-8-11-21-46(40)59-52(49)54(56-53)58-45-29-28-36-35-15-5-4-14-33(35)26-27-38(36)47(45)42-30-41-37-16-6-9-19-43(37)57-44-20-10-7-17-39(44)48(50(41)57)51(42)58/h1-30H. The molecule has 0 radical (unpaired) electrons. The van der Waals surface area contributed by atoms with E-state index in [0.29, 0.717) is 5.82 Å². The Morgan fingerprint density at radius 1 is 0.390 bits per heavy atom. The summed E-state index contributed by atoms with van der Waals surface area (Å²) in [5.74, 6) is 1.62. The van der Waals surface area contributed by atoms with Gasteiger partial charge in [0.2, 0.25) is 0 Å². The van der Waals surface area contributed by atoms with Crippen molar-refractivity contribution in [3.8, 4) is 28.3 Å². The number of benzene rings is 9. The Morgan fingerprint density at radius 2 is 1.05 bits per heavy atom. The van der Waals surface area contributed by atoms with Crippen LogP contribution in [0.15, 0.2) is 182 Å². The van der Waals surface area contributed by atoms with Gasteiger partial charge in [-0.2, -0.15) is 0 Å². The van der Waals surface area contributed by atoms with Crippen molar-refractivity contribution < 1.29 is 0 Å². The van der Waals surface area contributed by atoms with Gasteiger partial charge in [-0.3, -0.25) is 4.57 Å².